The van der Waals surface area contributed by atoms with E-state index in [1.165, 1.54) is 24.3 Å². The zero-order valence-electron chi connectivity index (χ0n) is 6.77. The maximum Gasteiger partial charge on any atom is 0.313 e. The second kappa shape index (κ2) is 3.89. The van der Waals surface area contributed by atoms with E-state index in [2.05, 4.69) is 0 Å². The number of aliphatic carboxylic acids is 1. The lowest BCUT2D eigenvalue weighted by atomic mass is 10.0. The number of alkyl halides is 1. The first-order valence-corrected chi connectivity index (χ1v) is 3.73. The van der Waals surface area contributed by atoms with Crippen LogP contribution in [0.5, 0.6) is 5.75 Å². The van der Waals surface area contributed by atoms with E-state index in [0.717, 1.165) is 0 Å². The first kappa shape index (κ1) is 9.51. The normalized spacial score (nSPS) is 12.4. The van der Waals surface area contributed by atoms with Crippen LogP contribution in [0.15, 0.2) is 24.3 Å². The fourth-order valence-corrected chi connectivity index (χ4v) is 1.04. The number of hydrogen-bond donors (Lipinski definition) is 2. The summed E-state index contributed by atoms with van der Waals surface area (Å²) in [4.78, 5) is 10.5. The van der Waals surface area contributed by atoms with Crippen molar-refractivity contribution < 1.29 is 19.4 Å². The van der Waals surface area contributed by atoms with Crippen LogP contribution in [0.4, 0.5) is 4.39 Å². The summed E-state index contributed by atoms with van der Waals surface area (Å²) in [6.07, 6.45) is 0. The Morgan fingerprint density at radius 1 is 1.54 bits per heavy atom. The first-order valence-electron chi connectivity index (χ1n) is 3.73. The van der Waals surface area contributed by atoms with Crippen LogP contribution in [0, 0.1) is 0 Å². The molecule has 0 aromatic heterocycles. The van der Waals surface area contributed by atoms with Crippen LogP contribution in [0.3, 0.4) is 0 Å². The van der Waals surface area contributed by atoms with Gasteiger partial charge in [0.1, 0.15) is 18.3 Å². The van der Waals surface area contributed by atoms with E-state index in [9.17, 15) is 9.18 Å². The molecule has 0 radical (unpaired) electrons. The number of hydrogen-bond acceptors (Lipinski definition) is 2. The summed E-state index contributed by atoms with van der Waals surface area (Å²) in [5, 5.41) is 17.6. The van der Waals surface area contributed by atoms with Crippen LogP contribution in [-0.2, 0) is 4.79 Å². The number of phenols is 1. The van der Waals surface area contributed by atoms with Crippen molar-refractivity contribution >= 4 is 5.97 Å². The summed E-state index contributed by atoms with van der Waals surface area (Å²) in [6.45, 7) is -0.973. The van der Waals surface area contributed by atoms with Crippen LogP contribution in [0.25, 0.3) is 0 Å². The predicted octanol–water partition coefficient (Wildman–Crippen LogP) is 1.53. The number of halogens is 1. The molecule has 0 bridgehead atoms. The van der Waals surface area contributed by atoms with Gasteiger partial charge in [0.25, 0.3) is 0 Å². The zero-order chi connectivity index (χ0) is 9.84. The van der Waals surface area contributed by atoms with E-state index in [1.807, 2.05) is 0 Å². The fourth-order valence-electron chi connectivity index (χ4n) is 1.04. The van der Waals surface area contributed by atoms with Gasteiger partial charge in [-0.1, -0.05) is 12.1 Å². The molecule has 0 aliphatic heterocycles. The maximum atomic E-state index is 12.3. The van der Waals surface area contributed by atoms with Gasteiger partial charge in [0.15, 0.2) is 0 Å². The van der Waals surface area contributed by atoms with Gasteiger partial charge >= 0.3 is 5.97 Å². The molecule has 13 heavy (non-hydrogen) atoms. The summed E-state index contributed by atoms with van der Waals surface area (Å²) in [5.74, 6) is -2.47. The summed E-state index contributed by atoms with van der Waals surface area (Å²) in [6, 6.07) is 5.60. The van der Waals surface area contributed by atoms with Crippen molar-refractivity contribution in [2.24, 2.45) is 0 Å². The molecule has 0 saturated carbocycles. The Morgan fingerprint density at radius 2 is 2.23 bits per heavy atom. The highest BCUT2D eigenvalue weighted by molar-refractivity contribution is 5.76. The smallest absolute Gasteiger partial charge is 0.313 e. The minimum absolute atomic E-state index is 0.0581. The van der Waals surface area contributed by atoms with Crippen molar-refractivity contribution in [3.8, 4) is 5.75 Å². The van der Waals surface area contributed by atoms with Crippen LogP contribution < -0.4 is 0 Å². The fraction of sp³-hybridized carbons (Fsp3) is 0.222. The highest BCUT2D eigenvalue weighted by Crippen LogP contribution is 2.20. The molecule has 4 heteroatoms. The van der Waals surface area contributed by atoms with Crippen molar-refractivity contribution in [1.82, 2.24) is 0 Å². The molecule has 0 heterocycles. The largest absolute Gasteiger partial charge is 0.508 e. The molecule has 70 valence electrons. The predicted molar refractivity (Wildman–Crippen MR) is 44.5 cm³/mol. The molecule has 2 N–H and O–H groups in total. The molecular formula is C9H9FO3. The highest BCUT2D eigenvalue weighted by atomic mass is 19.1. The van der Waals surface area contributed by atoms with Crippen molar-refractivity contribution in [2.45, 2.75) is 5.92 Å². The average Bonchev–Trinajstić information content (AvgIpc) is 2.04. The maximum absolute atomic E-state index is 12.3. The van der Waals surface area contributed by atoms with E-state index in [-0.39, 0.29) is 11.3 Å². The SMILES string of the molecule is O=C(O)C(CF)c1cccc(O)c1. The minimum Gasteiger partial charge on any atom is -0.508 e. The molecule has 1 rings (SSSR count). The molecule has 3 nitrogen and oxygen atoms in total. The van der Waals surface area contributed by atoms with Crippen LogP contribution in [-0.4, -0.2) is 22.9 Å². The molecule has 1 atom stereocenters. The molecule has 1 aromatic carbocycles. The summed E-state index contributed by atoms with van der Waals surface area (Å²) in [7, 11) is 0. The first-order chi connectivity index (χ1) is 6.15. The Kier molecular flexibility index (Phi) is 2.84. The lowest BCUT2D eigenvalue weighted by molar-refractivity contribution is -0.139. The zero-order valence-corrected chi connectivity index (χ0v) is 6.77. The van der Waals surface area contributed by atoms with E-state index >= 15 is 0 Å². The van der Waals surface area contributed by atoms with Gasteiger partial charge in [-0.05, 0) is 17.7 Å². The van der Waals surface area contributed by atoms with Crippen LogP contribution in [0.2, 0.25) is 0 Å². The van der Waals surface area contributed by atoms with E-state index in [0.29, 0.717) is 0 Å². The van der Waals surface area contributed by atoms with E-state index in [1.54, 1.807) is 0 Å². The van der Waals surface area contributed by atoms with Gasteiger partial charge < -0.3 is 10.2 Å². The van der Waals surface area contributed by atoms with Gasteiger partial charge in [-0.2, -0.15) is 0 Å². The minimum atomic E-state index is -1.23. The Hall–Kier alpha value is -1.58. The average molecular weight is 184 g/mol. The number of rotatable bonds is 3. The van der Waals surface area contributed by atoms with Crippen molar-refractivity contribution in [1.29, 1.82) is 0 Å². The topological polar surface area (TPSA) is 57.5 Å². The quantitative estimate of drug-likeness (QED) is 0.748. The van der Waals surface area contributed by atoms with Gasteiger partial charge in [0, 0.05) is 0 Å². The third-order valence-electron chi connectivity index (χ3n) is 1.72. The van der Waals surface area contributed by atoms with Gasteiger partial charge in [-0.25, -0.2) is 4.39 Å². The third-order valence-corrected chi connectivity index (χ3v) is 1.72. The molecule has 0 aliphatic carbocycles. The summed E-state index contributed by atoms with van der Waals surface area (Å²) < 4.78 is 12.3. The standard InChI is InChI=1S/C9H9FO3/c10-5-8(9(12)13)6-2-1-3-7(11)4-6/h1-4,8,11H,5H2,(H,12,13). The van der Waals surface area contributed by atoms with E-state index < -0.39 is 18.6 Å². The lowest BCUT2D eigenvalue weighted by Gasteiger charge is -2.07. The van der Waals surface area contributed by atoms with Gasteiger partial charge in [0.05, 0.1) is 0 Å². The second-order valence-electron chi connectivity index (χ2n) is 2.64. The molecule has 0 aliphatic rings. The molecule has 1 unspecified atom stereocenters. The van der Waals surface area contributed by atoms with Crippen molar-refractivity contribution in [3.05, 3.63) is 29.8 Å². The Morgan fingerprint density at radius 3 is 2.69 bits per heavy atom. The number of aromatic hydroxyl groups is 1. The molecule has 1 aromatic rings. The summed E-state index contributed by atoms with van der Waals surface area (Å²) >= 11 is 0. The van der Waals surface area contributed by atoms with Crippen LogP contribution in [0.1, 0.15) is 11.5 Å². The molecule has 0 spiro atoms. The monoisotopic (exact) mass is 184 g/mol. The van der Waals surface area contributed by atoms with Gasteiger partial charge in [-0.3, -0.25) is 4.79 Å². The van der Waals surface area contributed by atoms with Crippen molar-refractivity contribution in [3.63, 3.8) is 0 Å². The number of carboxylic acid groups (broad SMARTS) is 1. The highest BCUT2D eigenvalue weighted by Gasteiger charge is 2.19. The van der Waals surface area contributed by atoms with Gasteiger partial charge in [-0.15, -0.1) is 0 Å². The Balaban J connectivity index is 2.98. The van der Waals surface area contributed by atoms with E-state index in [4.69, 9.17) is 10.2 Å². The molecule has 0 amide bonds. The number of benzene rings is 1. The summed E-state index contributed by atoms with van der Waals surface area (Å²) in [5.41, 5.74) is 0.273. The number of phenolic OH excluding ortho intramolecular Hbond substituents is 1. The molecule has 0 saturated heterocycles. The molecule has 0 fully saturated rings. The number of carboxylic acids is 1. The Labute approximate surface area is 74.4 Å². The third kappa shape index (κ3) is 2.18. The van der Waals surface area contributed by atoms with Gasteiger partial charge in [0.2, 0.25) is 0 Å². The van der Waals surface area contributed by atoms with Crippen LogP contribution >= 0.6 is 0 Å². The Bertz CT molecular complexity index is 311. The lowest BCUT2D eigenvalue weighted by Crippen LogP contribution is -2.13. The molecular weight excluding hydrogens is 175 g/mol. The number of carbonyl (C=O) groups is 1. The van der Waals surface area contributed by atoms with Crippen molar-refractivity contribution in [2.75, 3.05) is 6.67 Å². The second-order valence-corrected chi connectivity index (χ2v) is 2.64.